The van der Waals surface area contributed by atoms with E-state index in [1.165, 1.54) is 21.0 Å². The molecule has 0 bridgehead atoms. The maximum atomic E-state index is 13.3. The third-order valence-electron chi connectivity index (χ3n) is 12.2. The van der Waals surface area contributed by atoms with Crippen LogP contribution in [0.3, 0.4) is 0 Å². The van der Waals surface area contributed by atoms with Gasteiger partial charge in [-0.15, -0.1) is 0 Å². The van der Waals surface area contributed by atoms with E-state index in [4.69, 9.17) is 14.2 Å². The standard InChI is InChI=1S/C34H53NO7/c1-19(2)11-10-12-23(31(38)40-9)29-25-17-26(35-39)30-32(6)15-14-27(41-21(4)36)20(3)24(32)13-16-33(30,7)34(25,8)18-28(29)42-22(5)37/h19-20,24-25,27-28,30,39H,10-18H2,1-9H3/b29-23-,35-26+/t20-,24-,25-,27+,28-,30-,32-,33-,34-/m0/s1. The van der Waals surface area contributed by atoms with Crippen LogP contribution < -0.4 is 0 Å². The highest BCUT2D eigenvalue weighted by Crippen LogP contribution is 2.74. The highest BCUT2D eigenvalue weighted by Gasteiger charge is 2.70. The molecule has 4 saturated carbocycles. The number of ether oxygens (including phenoxy) is 3. The predicted octanol–water partition coefficient (Wildman–Crippen LogP) is 6.87. The van der Waals surface area contributed by atoms with Gasteiger partial charge in [0.2, 0.25) is 0 Å². The van der Waals surface area contributed by atoms with Gasteiger partial charge in [0.05, 0.1) is 12.8 Å². The van der Waals surface area contributed by atoms with Crippen LogP contribution in [0, 0.1) is 45.8 Å². The first-order valence-corrected chi connectivity index (χ1v) is 16.0. The Balaban J connectivity index is 1.82. The lowest BCUT2D eigenvalue weighted by molar-refractivity contribution is -0.179. The van der Waals surface area contributed by atoms with Crippen molar-refractivity contribution in [3.05, 3.63) is 11.1 Å². The normalized spacial score (nSPS) is 41.4. The summed E-state index contributed by atoms with van der Waals surface area (Å²) in [7, 11) is 1.41. The van der Waals surface area contributed by atoms with Gasteiger partial charge in [-0.3, -0.25) is 9.59 Å². The predicted molar refractivity (Wildman–Crippen MR) is 160 cm³/mol. The fraction of sp³-hybridized carbons (Fsp3) is 0.824. The Morgan fingerprint density at radius 3 is 2.26 bits per heavy atom. The molecule has 4 aliphatic carbocycles. The average molecular weight is 588 g/mol. The Morgan fingerprint density at radius 2 is 1.69 bits per heavy atom. The summed E-state index contributed by atoms with van der Waals surface area (Å²) in [4.78, 5) is 37.6. The maximum absolute atomic E-state index is 13.3. The van der Waals surface area contributed by atoms with Gasteiger partial charge in [0.15, 0.2) is 0 Å². The molecule has 0 unspecified atom stereocenters. The summed E-state index contributed by atoms with van der Waals surface area (Å²) in [6, 6.07) is 0. The molecule has 9 atom stereocenters. The van der Waals surface area contributed by atoms with E-state index in [0.717, 1.165) is 49.8 Å². The first-order valence-electron chi connectivity index (χ1n) is 16.0. The molecule has 0 amide bonds. The molecule has 42 heavy (non-hydrogen) atoms. The summed E-state index contributed by atoms with van der Waals surface area (Å²) in [5.74, 6) is -0.0551. The van der Waals surface area contributed by atoms with Crippen LogP contribution >= 0.6 is 0 Å². The first-order chi connectivity index (χ1) is 19.6. The largest absolute Gasteiger partial charge is 0.466 e. The summed E-state index contributed by atoms with van der Waals surface area (Å²) in [5, 5.41) is 14.6. The van der Waals surface area contributed by atoms with Gasteiger partial charge in [0, 0.05) is 25.3 Å². The van der Waals surface area contributed by atoms with Crippen molar-refractivity contribution in [1.82, 2.24) is 0 Å². The Bertz CT molecular complexity index is 1140. The number of hydrogen-bond donors (Lipinski definition) is 1. The third-order valence-corrected chi connectivity index (χ3v) is 12.2. The number of hydrogen-bond acceptors (Lipinski definition) is 8. The second-order valence-electron chi connectivity index (χ2n) is 14.8. The van der Waals surface area contributed by atoms with Crippen molar-refractivity contribution in [2.45, 2.75) is 125 Å². The molecule has 4 aliphatic rings. The summed E-state index contributed by atoms with van der Waals surface area (Å²) in [6.07, 6.45) is 6.41. The van der Waals surface area contributed by atoms with Crippen molar-refractivity contribution in [2.75, 3.05) is 7.11 Å². The highest BCUT2D eigenvalue weighted by atomic mass is 16.5. The van der Waals surface area contributed by atoms with Crippen LogP contribution in [0.25, 0.3) is 0 Å². The smallest absolute Gasteiger partial charge is 0.333 e. The zero-order chi connectivity index (χ0) is 31.2. The van der Waals surface area contributed by atoms with E-state index in [2.05, 4.69) is 46.7 Å². The van der Waals surface area contributed by atoms with Gasteiger partial charge < -0.3 is 19.4 Å². The summed E-state index contributed by atoms with van der Waals surface area (Å²) in [5.41, 5.74) is 1.54. The zero-order valence-corrected chi connectivity index (χ0v) is 27.2. The van der Waals surface area contributed by atoms with E-state index in [1.807, 2.05) is 0 Å². The minimum atomic E-state index is -0.523. The number of methoxy groups -OCH3 is 1. The molecule has 0 spiro atoms. The van der Waals surface area contributed by atoms with E-state index >= 15 is 0 Å². The minimum Gasteiger partial charge on any atom is -0.466 e. The number of oxime groups is 1. The van der Waals surface area contributed by atoms with Crippen molar-refractivity contribution >= 4 is 23.6 Å². The molecule has 0 aromatic rings. The topological polar surface area (TPSA) is 111 Å². The first kappa shape index (κ1) is 32.5. The second kappa shape index (κ2) is 12.0. The van der Waals surface area contributed by atoms with Crippen molar-refractivity contribution in [1.29, 1.82) is 0 Å². The summed E-state index contributed by atoms with van der Waals surface area (Å²) >= 11 is 0. The lowest BCUT2D eigenvalue weighted by atomic mass is 9.36. The number of carbonyl (C=O) groups is 3. The van der Waals surface area contributed by atoms with Crippen molar-refractivity contribution in [2.24, 2.45) is 51.0 Å². The van der Waals surface area contributed by atoms with Crippen LogP contribution in [0.4, 0.5) is 0 Å². The van der Waals surface area contributed by atoms with E-state index in [9.17, 15) is 19.6 Å². The Kier molecular flexibility index (Phi) is 9.26. The lowest BCUT2D eigenvalue weighted by Gasteiger charge is -2.67. The van der Waals surface area contributed by atoms with Gasteiger partial charge in [-0.1, -0.05) is 53.1 Å². The van der Waals surface area contributed by atoms with Crippen LogP contribution in [0.15, 0.2) is 16.3 Å². The van der Waals surface area contributed by atoms with Crippen molar-refractivity contribution in [3.63, 3.8) is 0 Å². The number of fused-ring (bicyclic) bond motifs is 5. The van der Waals surface area contributed by atoms with Gasteiger partial charge in [0.25, 0.3) is 0 Å². The number of carbonyl (C=O) groups excluding carboxylic acids is 3. The molecule has 8 heteroatoms. The quantitative estimate of drug-likeness (QED) is 0.114. The van der Waals surface area contributed by atoms with E-state index in [0.29, 0.717) is 36.7 Å². The average Bonchev–Trinajstić information content (AvgIpc) is 3.18. The Labute approximate surface area is 252 Å². The van der Waals surface area contributed by atoms with Crippen molar-refractivity contribution in [3.8, 4) is 0 Å². The molecule has 0 saturated heterocycles. The van der Waals surface area contributed by atoms with Gasteiger partial charge in [-0.2, -0.15) is 0 Å². The molecule has 0 aliphatic heterocycles. The van der Waals surface area contributed by atoms with Gasteiger partial charge >= 0.3 is 17.9 Å². The molecule has 0 aromatic heterocycles. The molecular formula is C34H53NO7. The minimum absolute atomic E-state index is 0.00979. The number of rotatable bonds is 7. The zero-order valence-electron chi connectivity index (χ0n) is 27.2. The van der Waals surface area contributed by atoms with Gasteiger partial charge in [-0.05, 0) is 96.9 Å². The lowest BCUT2D eigenvalue weighted by Crippen LogP contribution is -2.64. The fourth-order valence-electron chi connectivity index (χ4n) is 10.3. The maximum Gasteiger partial charge on any atom is 0.333 e. The number of nitrogens with zero attached hydrogens (tertiary/aromatic N) is 1. The van der Waals surface area contributed by atoms with E-state index in [1.54, 1.807) is 0 Å². The molecule has 0 aromatic carbocycles. The molecule has 0 radical (unpaired) electrons. The van der Waals surface area contributed by atoms with Crippen LogP contribution in [-0.2, 0) is 28.6 Å². The van der Waals surface area contributed by atoms with Crippen LogP contribution in [-0.4, -0.2) is 48.1 Å². The van der Waals surface area contributed by atoms with Crippen LogP contribution in [0.2, 0.25) is 0 Å². The van der Waals surface area contributed by atoms with E-state index in [-0.39, 0.29) is 58.0 Å². The summed E-state index contributed by atoms with van der Waals surface area (Å²) in [6.45, 7) is 16.4. The van der Waals surface area contributed by atoms with Gasteiger partial charge in [-0.25, -0.2) is 4.79 Å². The molecule has 4 rings (SSSR count). The van der Waals surface area contributed by atoms with E-state index < -0.39 is 6.10 Å². The molecule has 8 nitrogen and oxygen atoms in total. The Morgan fingerprint density at radius 1 is 1.02 bits per heavy atom. The molecule has 0 heterocycles. The third kappa shape index (κ3) is 5.29. The van der Waals surface area contributed by atoms with Crippen LogP contribution in [0.5, 0.6) is 0 Å². The molecule has 4 fully saturated rings. The molecule has 1 N–H and O–H groups in total. The highest BCUT2D eigenvalue weighted by molar-refractivity contribution is 5.93. The SMILES string of the molecule is COC(=O)/C(CCCC(C)C)=C1\[C@@H](OC(C)=O)C[C@@]2(C)[C@H]1C/C(=N\O)[C@H]1[C@@]3(C)CC[C@@H](OC(C)=O)[C@@H](C)[C@@H]3CC[C@@]12C. The summed E-state index contributed by atoms with van der Waals surface area (Å²) < 4.78 is 17.1. The number of esters is 3. The fourth-order valence-corrected chi connectivity index (χ4v) is 10.3. The monoisotopic (exact) mass is 587 g/mol. The second-order valence-corrected chi connectivity index (χ2v) is 14.8. The van der Waals surface area contributed by atoms with Crippen LogP contribution in [0.1, 0.15) is 113 Å². The molecule has 236 valence electrons. The van der Waals surface area contributed by atoms with Crippen molar-refractivity contribution < 1.29 is 33.8 Å². The molecular weight excluding hydrogens is 534 g/mol. The van der Waals surface area contributed by atoms with Gasteiger partial charge in [0.1, 0.15) is 12.2 Å². The Hall–Kier alpha value is -2.38.